The van der Waals surface area contributed by atoms with Crippen LogP contribution in [0, 0.1) is 0 Å². The van der Waals surface area contributed by atoms with Gasteiger partial charge in [0, 0.05) is 36.6 Å². The van der Waals surface area contributed by atoms with E-state index in [1.54, 1.807) is 0 Å². The lowest BCUT2D eigenvalue weighted by Crippen LogP contribution is -2.32. The second kappa shape index (κ2) is 6.82. The van der Waals surface area contributed by atoms with Gasteiger partial charge in [-0.2, -0.15) is 5.10 Å². The highest BCUT2D eigenvalue weighted by Crippen LogP contribution is 2.26. The van der Waals surface area contributed by atoms with Crippen LogP contribution < -0.4 is 5.32 Å². The maximum absolute atomic E-state index is 6.15. The van der Waals surface area contributed by atoms with Gasteiger partial charge in [-0.15, -0.1) is 0 Å². The number of rotatable bonds is 5. The van der Waals surface area contributed by atoms with E-state index in [0.29, 0.717) is 0 Å². The summed E-state index contributed by atoms with van der Waals surface area (Å²) in [6.07, 6.45) is 2.23. The van der Waals surface area contributed by atoms with Crippen molar-refractivity contribution < 1.29 is 0 Å². The van der Waals surface area contributed by atoms with E-state index in [0.717, 1.165) is 49.0 Å². The van der Waals surface area contributed by atoms with Gasteiger partial charge in [-0.3, -0.25) is 4.90 Å². The molecule has 0 amide bonds. The third-order valence-corrected chi connectivity index (χ3v) is 4.39. The second-order valence-electron chi connectivity index (χ2n) is 5.82. The Labute approximate surface area is 137 Å². The van der Waals surface area contributed by atoms with Gasteiger partial charge in [0.05, 0.1) is 17.1 Å². The van der Waals surface area contributed by atoms with Crippen molar-refractivity contribution in [1.82, 2.24) is 20.0 Å². The van der Waals surface area contributed by atoms with Crippen LogP contribution in [0.15, 0.2) is 24.3 Å². The van der Waals surface area contributed by atoms with E-state index in [2.05, 4.69) is 27.9 Å². The Bertz CT molecular complexity index is 650. The van der Waals surface area contributed by atoms with Crippen LogP contribution in [0.3, 0.4) is 0 Å². The molecule has 22 heavy (non-hydrogen) atoms. The number of nitrogens with one attached hydrogen (secondary N) is 1. The number of halogens is 1. The van der Waals surface area contributed by atoms with E-state index in [-0.39, 0.29) is 0 Å². The zero-order chi connectivity index (χ0) is 15.5. The Hall–Kier alpha value is -1.36. The van der Waals surface area contributed by atoms with Crippen LogP contribution in [0.25, 0.3) is 5.69 Å². The fourth-order valence-corrected chi connectivity index (χ4v) is 3.36. The molecule has 0 unspecified atom stereocenters. The molecule has 0 aliphatic carbocycles. The van der Waals surface area contributed by atoms with Crippen molar-refractivity contribution in [2.24, 2.45) is 0 Å². The van der Waals surface area contributed by atoms with Crippen molar-refractivity contribution >= 4 is 11.6 Å². The Morgan fingerprint density at radius 1 is 1.36 bits per heavy atom. The first-order chi connectivity index (χ1) is 10.7. The molecule has 1 aliphatic heterocycles. The van der Waals surface area contributed by atoms with Gasteiger partial charge in [-0.05, 0) is 38.2 Å². The average Bonchev–Trinajstić information content (AvgIpc) is 2.86. The fraction of sp³-hybridized carbons (Fsp3) is 0.471. The highest BCUT2D eigenvalue weighted by atomic mass is 35.5. The van der Waals surface area contributed by atoms with Gasteiger partial charge in [-0.25, -0.2) is 4.68 Å². The molecule has 118 valence electrons. The van der Waals surface area contributed by atoms with Crippen LogP contribution in [0.1, 0.15) is 30.3 Å². The molecule has 0 atom stereocenters. The van der Waals surface area contributed by atoms with Gasteiger partial charge in [0.15, 0.2) is 0 Å². The van der Waals surface area contributed by atoms with E-state index in [9.17, 15) is 0 Å². The SMILES string of the molecule is CCCN1CCc2c(c(CNC)nn2-c2cccc(Cl)c2)C1. The molecule has 0 bridgehead atoms. The minimum absolute atomic E-state index is 0.750. The smallest absolute Gasteiger partial charge is 0.0814 e. The molecular weight excluding hydrogens is 296 g/mol. The number of aromatic nitrogens is 2. The maximum atomic E-state index is 6.15. The van der Waals surface area contributed by atoms with Gasteiger partial charge in [-0.1, -0.05) is 24.6 Å². The molecule has 3 rings (SSSR count). The van der Waals surface area contributed by atoms with E-state index in [1.165, 1.54) is 17.7 Å². The lowest BCUT2D eigenvalue weighted by molar-refractivity contribution is 0.252. The largest absolute Gasteiger partial charge is 0.314 e. The zero-order valence-corrected chi connectivity index (χ0v) is 14.0. The van der Waals surface area contributed by atoms with E-state index < -0.39 is 0 Å². The van der Waals surface area contributed by atoms with E-state index in [1.807, 2.05) is 25.2 Å². The summed E-state index contributed by atoms with van der Waals surface area (Å²) in [7, 11) is 1.97. The quantitative estimate of drug-likeness (QED) is 0.920. The van der Waals surface area contributed by atoms with Crippen molar-refractivity contribution in [3.05, 3.63) is 46.2 Å². The van der Waals surface area contributed by atoms with Crippen molar-refractivity contribution in [2.75, 3.05) is 20.1 Å². The predicted octanol–water partition coefficient (Wildman–Crippen LogP) is 3.01. The summed E-state index contributed by atoms with van der Waals surface area (Å²) < 4.78 is 2.08. The summed E-state index contributed by atoms with van der Waals surface area (Å²) in [5.74, 6) is 0. The highest BCUT2D eigenvalue weighted by Gasteiger charge is 2.24. The third-order valence-electron chi connectivity index (χ3n) is 4.16. The van der Waals surface area contributed by atoms with Crippen LogP contribution >= 0.6 is 11.6 Å². The molecule has 0 saturated heterocycles. The number of fused-ring (bicyclic) bond motifs is 1. The first-order valence-corrected chi connectivity index (χ1v) is 8.33. The molecule has 0 spiro atoms. The maximum Gasteiger partial charge on any atom is 0.0814 e. The van der Waals surface area contributed by atoms with E-state index in [4.69, 9.17) is 16.7 Å². The molecule has 1 aliphatic rings. The Morgan fingerprint density at radius 3 is 2.95 bits per heavy atom. The summed E-state index contributed by atoms with van der Waals surface area (Å²) >= 11 is 6.15. The zero-order valence-electron chi connectivity index (χ0n) is 13.3. The van der Waals surface area contributed by atoms with Crippen molar-refractivity contribution in [3.8, 4) is 5.69 Å². The molecule has 0 radical (unpaired) electrons. The second-order valence-corrected chi connectivity index (χ2v) is 6.26. The normalized spacial score (nSPS) is 15.0. The number of hydrogen-bond donors (Lipinski definition) is 1. The van der Waals surface area contributed by atoms with Crippen molar-refractivity contribution in [3.63, 3.8) is 0 Å². The average molecular weight is 319 g/mol. The van der Waals surface area contributed by atoms with Crippen LogP contribution in [-0.2, 0) is 19.5 Å². The van der Waals surface area contributed by atoms with Gasteiger partial charge in [0.1, 0.15) is 0 Å². The van der Waals surface area contributed by atoms with Crippen molar-refractivity contribution in [2.45, 2.75) is 32.9 Å². The van der Waals surface area contributed by atoms with Crippen molar-refractivity contribution in [1.29, 1.82) is 0 Å². The monoisotopic (exact) mass is 318 g/mol. The summed E-state index contributed by atoms with van der Waals surface area (Å²) in [6, 6.07) is 7.94. The van der Waals surface area contributed by atoms with Crippen LogP contribution in [-0.4, -0.2) is 34.8 Å². The third kappa shape index (κ3) is 3.05. The lowest BCUT2D eigenvalue weighted by atomic mass is 10.0. The van der Waals surface area contributed by atoms with Crippen LogP contribution in [0.4, 0.5) is 0 Å². The Morgan fingerprint density at radius 2 is 2.23 bits per heavy atom. The van der Waals surface area contributed by atoms with E-state index >= 15 is 0 Å². The molecule has 2 aromatic rings. The summed E-state index contributed by atoms with van der Waals surface area (Å²) in [5, 5.41) is 8.84. The minimum atomic E-state index is 0.750. The molecular formula is C17H23ClN4. The molecule has 1 N–H and O–H groups in total. The first-order valence-electron chi connectivity index (χ1n) is 7.95. The molecule has 2 heterocycles. The summed E-state index contributed by atoms with van der Waals surface area (Å²) in [6.45, 7) is 6.29. The van der Waals surface area contributed by atoms with Crippen LogP contribution in [0.2, 0.25) is 5.02 Å². The first kappa shape index (κ1) is 15.5. The van der Waals surface area contributed by atoms with Gasteiger partial charge in [0.2, 0.25) is 0 Å². The molecule has 1 aromatic heterocycles. The molecule has 4 nitrogen and oxygen atoms in total. The number of nitrogens with zero attached hydrogens (tertiary/aromatic N) is 3. The van der Waals surface area contributed by atoms with Gasteiger partial charge in [0.25, 0.3) is 0 Å². The lowest BCUT2D eigenvalue weighted by Gasteiger charge is -2.27. The Balaban J connectivity index is 2.01. The Kier molecular flexibility index (Phi) is 4.81. The number of benzene rings is 1. The minimum Gasteiger partial charge on any atom is -0.314 e. The highest BCUT2D eigenvalue weighted by molar-refractivity contribution is 6.30. The number of hydrogen-bond acceptors (Lipinski definition) is 3. The fourth-order valence-electron chi connectivity index (χ4n) is 3.18. The van der Waals surface area contributed by atoms with Crippen LogP contribution in [0.5, 0.6) is 0 Å². The topological polar surface area (TPSA) is 33.1 Å². The standard InChI is InChI=1S/C17H23ClN4/c1-3-8-21-9-7-17-15(12-21)16(11-19-2)20-22(17)14-6-4-5-13(18)10-14/h4-6,10,19H,3,7-9,11-12H2,1-2H3. The predicted molar refractivity (Wildman–Crippen MR) is 90.6 cm³/mol. The molecule has 0 fully saturated rings. The molecule has 1 aromatic carbocycles. The van der Waals surface area contributed by atoms with Gasteiger partial charge < -0.3 is 5.32 Å². The summed E-state index contributed by atoms with van der Waals surface area (Å²) in [4.78, 5) is 2.52. The summed E-state index contributed by atoms with van der Waals surface area (Å²) in [5.41, 5.74) is 4.92. The molecule has 0 saturated carbocycles. The molecule has 5 heteroatoms. The van der Waals surface area contributed by atoms with Gasteiger partial charge >= 0.3 is 0 Å².